The molecule has 184 valence electrons. The molecule has 8 nitrogen and oxygen atoms in total. The average molecular weight is 514 g/mol. The van der Waals surface area contributed by atoms with Gasteiger partial charge in [-0.2, -0.15) is 5.26 Å². The van der Waals surface area contributed by atoms with E-state index in [1.54, 1.807) is 18.2 Å². The van der Waals surface area contributed by atoms with Gasteiger partial charge in [-0.1, -0.05) is 66.2 Å². The van der Waals surface area contributed by atoms with Gasteiger partial charge in [0.05, 0.1) is 12.0 Å². The van der Waals surface area contributed by atoms with E-state index in [0.29, 0.717) is 17.1 Å². The highest BCUT2D eigenvalue weighted by Gasteiger charge is 2.20. The SMILES string of the molecule is COc1cccc(C=C(C#N)C(=O)Nc2ccc(Cl)cc2[N+](=O)[O-])c1OCc1cccc2ccccc12. The zero-order valence-electron chi connectivity index (χ0n) is 19.6. The molecule has 4 aromatic rings. The Kier molecular flexibility index (Phi) is 7.67. The molecule has 0 radical (unpaired) electrons. The summed E-state index contributed by atoms with van der Waals surface area (Å²) in [5, 5.41) is 25.7. The fraction of sp³-hybridized carbons (Fsp3) is 0.0714. The van der Waals surface area contributed by atoms with E-state index in [1.165, 1.54) is 25.3 Å². The van der Waals surface area contributed by atoms with Crippen molar-refractivity contribution >= 4 is 45.7 Å². The van der Waals surface area contributed by atoms with Crippen LogP contribution in [0, 0.1) is 21.4 Å². The molecule has 9 heteroatoms. The zero-order chi connectivity index (χ0) is 26.4. The largest absolute Gasteiger partial charge is 0.493 e. The molecule has 1 N–H and O–H groups in total. The molecule has 0 aliphatic rings. The zero-order valence-corrected chi connectivity index (χ0v) is 20.4. The van der Waals surface area contributed by atoms with Crippen LogP contribution in [0.4, 0.5) is 11.4 Å². The molecule has 0 bridgehead atoms. The molecule has 1 amide bonds. The van der Waals surface area contributed by atoms with E-state index >= 15 is 0 Å². The van der Waals surface area contributed by atoms with Crippen LogP contribution in [0.2, 0.25) is 5.02 Å². The predicted molar refractivity (Wildman–Crippen MR) is 142 cm³/mol. The number of fused-ring (bicyclic) bond motifs is 1. The summed E-state index contributed by atoms with van der Waals surface area (Å²) < 4.78 is 11.6. The third kappa shape index (κ3) is 5.69. The van der Waals surface area contributed by atoms with E-state index in [1.807, 2.05) is 48.5 Å². The second-order valence-electron chi connectivity index (χ2n) is 7.85. The normalized spacial score (nSPS) is 11.0. The molecule has 0 unspecified atom stereocenters. The van der Waals surface area contributed by atoms with E-state index < -0.39 is 16.5 Å². The highest BCUT2D eigenvalue weighted by atomic mass is 35.5. The van der Waals surface area contributed by atoms with Gasteiger partial charge < -0.3 is 14.8 Å². The minimum Gasteiger partial charge on any atom is -0.493 e. The van der Waals surface area contributed by atoms with Gasteiger partial charge in [-0.3, -0.25) is 14.9 Å². The summed E-state index contributed by atoms with van der Waals surface area (Å²) in [6.45, 7) is 0.216. The Morgan fingerprint density at radius 2 is 1.86 bits per heavy atom. The van der Waals surface area contributed by atoms with E-state index in [9.17, 15) is 20.2 Å². The first-order chi connectivity index (χ1) is 17.9. The Bertz CT molecular complexity index is 1570. The predicted octanol–water partition coefficient (Wildman–Crippen LogP) is 6.53. The number of nitro groups is 1. The van der Waals surface area contributed by atoms with Gasteiger partial charge in [-0.15, -0.1) is 0 Å². The van der Waals surface area contributed by atoms with Crippen LogP contribution in [-0.4, -0.2) is 17.9 Å². The maximum atomic E-state index is 12.9. The number of nitro benzene ring substituents is 1. The van der Waals surface area contributed by atoms with Crippen LogP contribution < -0.4 is 14.8 Å². The van der Waals surface area contributed by atoms with Crippen molar-refractivity contribution in [1.29, 1.82) is 5.26 Å². The molecule has 0 atom stereocenters. The number of methoxy groups -OCH3 is 1. The quantitative estimate of drug-likeness (QED) is 0.124. The Morgan fingerprint density at radius 3 is 2.62 bits per heavy atom. The number of nitrogens with zero attached hydrogens (tertiary/aromatic N) is 2. The van der Waals surface area contributed by atoms with Crippen LogP contribution in [0.1, 0.15) is 11.1 Å². The Balaban J connectivity index is 1.65. The first-order valence-electron chi connectivity index (χ1n) is 11.0. The lowest BCUT2D eigenvalue weighted by Crippen LogP contribution is -2.14. The standard InChI is InChI=1S/C28H20ClN3O5/c1-36-26-11-5-8-19(27(26)37-17-20-9-4-7-18-6-2-3-10-23(18)20)14-21(16-30)28(33)31-24-13-12-22(29)15-25(24)32(34)35/h2-15H,17H2,1H3,(H,31,33). The number of nitriles is 1. The molecule has 37 heavy (non-hydrogen) atoms. The van der Waals surface area contributed by atoms with E-state index in [2.05, 4.69) is 5.32 Å². The number of hydrogen-bond donors (Lipinski definition) is 1. The number of para-hydroxylation sites is 1. The van der Waals surface area contributed by atoms with Gasteiger partial charge >= 0.3 is 0 Å². The lowest BCUT2D eigenvalue weighted by atomic mass is 10.1. The number of carbonyl (C=O) groups is 1. The molecule has 4 rings (SSSR count). The Morgan fingerprint density at radius 1 is 1.11 bits per heavy atom. The van der Waals surface area contributed by atoms with Crippen molar-refractivity contribution in [3.63, 3.8) is 0 Å². The maximum Gasteiger partial charge on any atom is 0.294 e. The third-order valence-electron chi connectivity index (χ3n) is 5.55. The van der Waals surface area contributed by atoms with Crippen molar-refractivity contribution in [1.82, 2.24) is 0 Å². The first kappa shape index (κ1) is 25.2. The third-order valence-corrected chi connectivity index (χ3v) is 5.79. The molecule has 0 heterocycles. The number of hydrogen-bond acceptors (Lipinski definition) is 6. The van der Waals surface area contributed by atoms with E-state index in [0.717, 1.165) is 22.4 Å². The van der Waals surface area contributed by atoms with Gasteiger partial charge in [0.2, 0.25) is 0 Å². The molecular weight excluding hydrogens is 494 g/mol. The number of halogens is 1. The van der Waals surface area contributed by atoms with Crippen molar-refractivity contribution < 1.29 is 19.2 Å². The Hall–Kier alpha value is -4.87. The van der Waals surface area contributed by atoms with E-state index in [4.69, 9.17) is 21.1 Å². The van der Waals surface area contributed by atoms with Crippen LogP contribution >= 0.6 is 11.6 Å². The highest BCUT2D eigenvalue weighted by molar-refractivity contribution is 6.31. The first-order valence-corrected chi connectivity index (χ1v) is 11.4. The Labute approximate surface area is 217 Å². The summed E-state index contributed by atoms with van der Waals surface area (Å²) in [5.41, 5.74) is 0.619. The number of amides is 1. The fourth-order valence-electron chi connectivity index (χ4n) is 3.79. The minimum atomic E-state index is -0.823. The van der Waals surface area contributed by atoms with Gasteiger partial charge in [0.1, 0.15) is 23.9 Å². The van der Waals surface area contributed by atoms with Crippen molar-refractivity contribution in [2.24, 2.45) is 0 Å². The second kappa shape index (κ2) is 11.2. The summed E-state index contributed by atoms with van der Waals surface area (Å²) in [4.78, 5) is 23.6. The summed E-state index contributed by atoms with van der Waals surface area (Å²) in [7, 11) is 1.49. The monoisotopic (exact) mass is 513 g/mol. The maximum absolute atomic E-state index is 12.9. The second-order valence-corrected chi connectivity index (χ2v) is 8.28. The van der Waals surface area contributed by atoms with Gasteiger partial charge in [0.25, 0.3) is 11.6 Å². The summed E-state index contributed by atoms with van der Waals surface area (Å²) >= 11 is 5.84. The lowest BCUT2D eigenvalue weighted by Gasteiger charge is -2.15. The van der Waals surface area contributed by atoms with Crippen LogP contribution in [0.5, 0.6) is 11.5 Å². The van der Waals surface area contributed by atoms with E-state index in [-0.39, 0.29) is 22.9 Å². The van der Waals surface area contributed by atoms with Gasteiger partial charge in [-0.05, 0) is 40.6 Å². The van der Waals surface area contributed by atoms with Gasteiger partial charge in [-0.25, -0.2) is 0 Å². The van der Waals surface area contributed by atoms with Crippen molar-refractivity contribution in [2.45, 2.75) is 6.61 Å². The molecule has 0 spiro atoms. The van der Waals surface area contributed by atoms with Gasteiger partial charge in [0.15, 0.2) is 11.5 Å². The lowest BCUT2D eigenvalue weighted by molar-refractivity contribution is -0.383. The summed E-state index contributed by atoms with van der Waals surface area (Å²) in [5.74, 6) is -0.0632. The molecule has 0 saturated heterocycles. The van der Waals surface area contributed by atoms with Crippen LogP contribution in [0.3, 0.4) is 0 Å². The molecule has 0 aliphatic heterocycles. The molecule has 0 saturated carbocycles. The van der Waals surface area contributed by atoms with Gasteiger partial charge in [0, 0.05) is 16.7 Å². The molecular formula is C28H20ClN3O5. The smallest absolute Gasteiger partial charge is 0.294 e. The number of rotatable bonds is 8. The van der Waals surface area contributed by atoms with Crippen molar-refractivity contribution in [2.75, 3.05) is 12.4 Å². The molecule has 0 aromatic heterocycles. The highest BCUT2D eigenvalue weighted by Crippen LogP contribution is 2.34. The molecule has 0 aliphatic carbocycles. The van der Waals surface area contributed by atoms with Crippen LogP contribution in [0.15, 0.2) is 84.4 Å². The number of ether oxygens (including phenoxy) is 2. The number of nitrogens with one attached hydrogen (secondary N) is 1. The molecule has 0 fully saturated rings. The fourth-order valence-corrected chi connectivity index (χ4v) is 3.95. The van der Waals surface area contributed by atoms with Crippen LogP contribution in [-0.2, 0) is 11.4 Å². The summed E-state index contributed by atoms with van der Waals surface area (Å²) in [6.07, 6.45) is 1.35. The van der Waals surface area contributed by atoms with Crippen molar-refractivity contribution in [3.8, 4) is 17.6 Å². The molecule has 4 aromatic carbocycles. The number of carbonyl (C=O) groups excluding carboxylic acids is 1. The topological polar surface area (TPSA) is 114 Å². The number of anilines is 1. The summed E-state index contributed by atoms with van der Waals surface area (Å²) in [6, 6.07) is 24.6. The average Bonchev–Trinajstić information content (AvgIpc) is 2.91. The minimum absolute atomic E-state index is 0.0846. The number of benzene rings is 4. The van der Waals surface area contributed by atoms with Crippen molar-refractivity contribution in [3.05, 3.63) is 111 Å². The van der Waals surface area contributed by atoms with Crippen LogP contribution in [0.25, 0.3) is 16.8 Å².